The minimum atomic E-state index is -0.889. The highest BCUT2D eigenvalue weighted by atomic mass is 19.1. The maximum absolute atomic E-state index is 13.7. The zero-order chi connectivity index (χ0) is 13.1. The molecule has 1 aromatic carbocycles. The third kappa shape index (κ3) is 2.50. The Morgan fingerprint density at radius 2 is 2.28 bits per heavy atom. The summed E-state index contributed by atoms with van der Waals surface area (Å²) in [6, 6.07) is 4.40. The van der Waals surface area contributed by atoms with Gasteiger partial charge in [0, 0.05) is 6.42 Å². The second-order valence-corrected chi connectivity index (χ2v) is 3.82. The predicted molar refractivity (Wildman–Crippen MR) is 59.8 cm³/mol. The summed E-state index contributed by atoms with van der Waals surface area (Å²) in [5.74, 6) is -0.881. The Morgan fingerprint density at radius 3 is 2.89 bits per heavy atom. The van der Waals surface area contributed by atoms with Crippen molar-refractivity contribution in [2.24, 2.45) is 0 Å². The first-order valence-corrected chi connectivity index (χ1v) is 5.33. The summed E-state index contributed by atoms with van der Waals surface area (Å²) < 4.78 is 15.0. The van der Waals surface area contributed by atoms with Crippen molar-refractivity contribution < 1.29 is 14.3 Å². The molecule has 94 valence electrons. The van der Waals surface area contributed by atoms with E-state index in [0.717, 1.165) is 5.56 Å². The molecule has 7 heteroatoms. The molecule has 0 amide bonds. The Balaban J connectivity index is 2.33. The monoisotopic (exact) mass is 250 g/mol. The van der Waals surface area contributed by atoms with Gasteiger partial charge in [-0.15, -0.1) is 5.10 Å². The lowest BCUT2D eigenvalue weighted by molar-refractivity contribution is -0.136. The fraction of sp³-hybridized carbons (Fsp3) is 0.273. The third-order valence-corrected chi connectivity index (χ3v) is 2.49. The Hall–Kier alpha value is -2.31. The van der Waals surface area contributed by atoms with Gasteiger partial charge in [0.25, 0.3) is 0 Å². The van der Waals surface area contributed by atoms with Crippen molar-refractivity contribution in [3.8, 4) is 5.69 Å². The lowest BCUT2D eigenvalue weighted by Crippen LogP contribution is -2.04. The van der Waals surface area contributed by atoms with Crippen LogP contribution in [-0.2, 0) is 11.2 Å². The van der Waals surface area contributed by atoms with Gasteiger partial charge in [0.1, 0.15) is 11.5 Å². The van der Waals surface area contributed by atoms with Crippen molar-refractivity contribution >= 4 is 5.97 Å². The Bertz CT molecular complexity index is 582. The van der Waals surface area contributed by atoms with Crippen LogP contribution in [0, 0.1) is 12.7 Å². The summed E-state index contributed by atoms with van der Waals surface area (Å²) in [6.45, 7) is 1.66. The van der Waals surface area contributed by atoms with Gasteiger partial charge in [-0.1, -0.05) is 6.07 Å². The minimum absolute atomic E-state index is 0.000336. The first-order valence-electron chi connectivity index (χ1n) is 5.33. The average molecular weight is 250 g/mol. The smallest absolute Gasteiger partial charge is 0.303 e. The van der Waals surface area contributed by atoms with Gasteiger partial charge in [-0.25, -0.2) is 4.39 Å². The highest BCUT2D eigenvalue weighted by Crippen LogP contribution is 2.16. The van der Waals surface area contributed by atoms with Crippen molar-refractivity contribution in [3.63, 3.8) is 0 Å². The molecule has 2 aromatic rings. The molecule has 0 bridgehead atoms. The molecular weight excluding hydrogens is 239 g/mol. The first-order chi connectivity index (χ1) is 8.58. The van der Waals surface area contributed by atoms with E-state index in [1.54, 1.807) is 19.1 Å². The van der Waals surface area contributed by atoms with Crippen LogP contribution < -0.4 is 0 Å². The summed E-state index contributed by atoms with van der Waals surface area (Å²) in [5, 5.41) is 19.4. The number of aliphatic carboxylic acids is 1. The molecule has 0 radical (unpaired) electrons. The highest BCUT2D eigenvalue weighted by Gasteiger charge is 2.10. The highest BCUT2D eigenvalue weighted by molar-refractivity contribution is 5.67. The number of aryl methyl sites for hydroxylation is 2. The molecule has 0 aliphatic carbocycles. The average Bonchev–Trinajstić information content (AvgIpc) is 2.74. The zero-order valence-corrected chi connectivity index (χ0v) is 9.67. The molecule has 18 heavy (non-hydrogen) atoms. The van der Waals surface area contributed by atoms with Gasteiger partial charge in [0.15, 0.2) is 5.82 Å². The summed E-state index contributed by atoms with van der Waals surface area (Å²) in [5.41, 5.74) is 0.948. The van der Waals surface area contributed by atoms with Gasteiger partial charge in [0.05, 0.1) is 0 Å². The van der Waals surface area contributed by atoms with Gasteiger partial charge in [-0.3, -0.25) is 4.79 Å². The molecule has 0 unspecified atom stereocenters. The maximum Gasteiger partial charge on any atom is 0.303 e. The van der Waals surface area contributed by atoms with E-state index in [1.807, 2.05) is 0 Å². The van der Waals surface area contributed by atoms with Crippen molar-refractivity contribution in [2.45, 2.75) is 19.8 Å². The molecule has 0 fully saturated rings. The quantitative estimate of drug-likeness (QED) is 0.879. The maximum atomic E-state index is 13.7. The molecule has 0 aliphatic heterocycles. The standard InChI is InChI=1S/C11H11FN4O2/c1-7-13-14-15-16(7)10-6-8(2-4-9(10)12)3-5-11(17)18/h2,4,6H,3,5H2,1H3,(H,17,18). The number of hydrogen-bond donors (Lipinski definition) is 1. The van der Waals surface area contributed by atoms with Crippen LogP contribution in [-0.4, -0.2) is 31.3 Å². The van der Waals surface area contributed by atoms with Crippen LogP contribution in [0.4, 0.5) is 4.39 Å². The number of carboxylic acid groups (broad SMARTS) is 1. The van der Waals surface area contributed by atoms with E-state index in [0.29, 0.717) is 12.2 Å². The van der Waals surface area contributed by atoms with Crippen LogP contribution in [0.3, 0.4) is 0 Å². The molecule has 1 aromatic heterocycles. The lowest BCUT2D eigenvalue weighted by Gasteiger charge is -2.06. The number of carbonyl (C=O) groups is 1. The number of nitrogens with zero attached hydrogens (tertiary/aromatic N) is 4. The van der Waals surface area contributed by atoms with Crippen molar-refractivity contribution in [1.29, 1.82) is 0 Å². The van der Waals surface area contributed by atoms with E-state index >= 15 is 0 Å². The summed E-state index contributed by atoms with van der Waals surface area (Å²) in [7, 11) is 0. The second-order valence-electron chi connectivity index (χ2n) is 3.82. The van der Waals surface area contributed by atoms with Crippen molar-refractivity contribution in [3.05, 3.63) is 35.4 Å². The molecular formula is C11H11FN4O2. The van der Waals surface area contributed by atoms with Crippen LogP contribution >= 0.6 is 0 Å². The van der Waals surface area contributed by atoms with Crippen LogP contribution in [0.15, 0.2) is 18.2 Å². The summed E-state index contributed by atoms with van der Waals surface area (Å²) >= 11 is 0. The molecule has 1 N–H and O–H groups in total. The minimum Gasteiger partial charge on any atom is -0.481 e. The number of halogens is 1. The molecule has 2 rings (SSSR count). The molecule has 6 nitrogen and oxygen atoms in total. The number of rotatable bonds is 4. The molecule has 0 saturated heterocycles. The molecule has 1 heterocycles. The normalized spacial score (nSPS) is 10.6. The number of carboxylic acids is 1. The summed E-state index contributed by atoms with van der Waals surface area (Å²) in [6.07, 6.45) is 0.337. The Labute approximate surface area is 102 Å². The van der Waals surface area contributed by atoms with Gasteiger partial charge in [-0.2, -0.15) is 4.68 Å². The number of tetrazole rings is 1. The summed E-state index contributed by atoms with van der Waals surface area (Å²) in [4.78, 5) is 10.5. The van der Waals surface area contributed by atoms with Crippen LogP contribution in [0.1, 0.15) is 17.8 Å². The molecule has 0 spiro atoms. The molecule has 0 saturated carbocycles. The van der Waals surface area contributed by atoms with Gasteiger partial charge < -0.3 is 5.11 Å². The van der Waals surface area contributed by atoms with E-state index in [9.17, 15) is 9.18 Å². The van der Waals surface area contributed by atoms with Gasteiger partial charge in [-0.05, 0) is 41.5 Å². The number of benzene rings is 1. The van der Waals surface area contributed by atoms with Crippen LogP contribution in [0.2, 0.25) is 0 Å². The SMILES string of the molecule is Cc1nnnn1-c1cc(CCC(=O)O)ccc1F. The van der Waals surface area contributed by atoms with Crippen molar-refractivity contribution in [1.82, 2.24) is 20.2 Å². The van der Waals surface area contributed by atoms with Gasteiger partial charge >= 0.3 is 5.97 Å². The van der Waals surface area contributed by atoms with Crippen LogP contribution in [0.25, 0.3) is 5.69 Å². The second kappa shape index (κ2) is 4.91. The van der Waals surface area contributed by atoms with E-state index in [-0.39, 0.29) is 12.1 Å². The Morgan fingerprint density at radius 1 is 1.50 bits per heavy atom. The van der Waals surface area contributed by atoms with Crippen LogP contribution in [0.5, 0.6) is 0 Å². The topological polar surface area (TPSA) is 80.9 Å². The molecule has 0 atom stereocenters. The fourth-order valence-corrected chi connectivity index (χ4v) is 1.58. The van der Waals surface area contributed by atoms with E-state index < -0.39 is 11.8 Å². The first kappa shape index (κ1) is 12.2. The fourth-order valence-electron chi connectivity index (χ4n) is 1.58. The lowest BCUT2D eigenvalue weighted by atomic mass is 10.1. The number of aromatic nitrogens is 4. The third-order valence-electron chi connectivity index (χ3n) is 2.49. The van der Waals surface area contributed by atoms with E-state index in [4.69, 9.17) is 5.11 Å². The Kier molecular flexibility index (Phi) is 3.31. The predicted octanol–water partition coefficient (Wildman–Crippen LogP) is 1.13. The largest absolute Gasteiger partial charge is 0.481 e. The van der Waals surface area contributed by atoms with Crippen molar-refractivity contribution in [2.75, 3.05) is 0 Å². The number of hydrogen-bond acceptors (Lipinski definition) is 4. The van der Waals surface area contributed by atoms with Gasteiger partial charge in [0.2, 0.25) is 0 Å². The molecule has 0 aliphatic rings. The van der Waals surface area contributed by atoms with E-state index in [1.165, 1.54) is 10.7 Å². The zero-order valence-electron chi connectivity index (χ0n) is 9.67. The van der Waals surface area contributed by atoms with E-state index in [2.05, 4.69) is 15.5 Å².